The molecule has 0 aliphatic rings. The molecule has 0 saturated heterocycles. The molecule has 1 amide bonds. The number of ether oxygens (including phenoxy) is 1. The molecular weight excluding hydrogens is 460 g/mol. The Kier molecular flexibility index (Phi) is 8.00. The smallest absolute Gasteiger partial charge is 0.251 e. The highest BCUT2D eigenvalue weighted by Gasteiger charge is 2.18. The van der Waals surface area contributed by atoms with Crippen molar-refractivity contribution < 1.29 is 17.9 Å². The third-order valence-electron chi connectivity index (χ3n) is 4.79. The third-order valence-corrected chi connectivity index (χ3v) is 6.16. The van der Waals surface area contributed by atoms with Gasteiger partial charge >= 0.3 is 0 Å². The summed E-state index contributed by atoms with van der Waals surface area (Å²) in [4.78, 5) is 12.5. The number of nitrogens with one attached hydrogen (secondary N) is 1. The minimum atomic E-state index is -3.52. The predicted octanol–water partition coefficient (Wildman–Crippen LogP) is 5.02. The van der Waals surface area contributed by atoms with E-state index in [0.717, 1.165) is 23.1 Å². The summed E-state index contributed by atoms with van der Waals surface area (Å²) in [6.45, 7) is 4.45. The molecule has 0 heterocycles. The first-order valence-electron chi connectivity index (χ1n) is 10.5. The first kappa shape index (κ1) is 24.6. The summed E-state index contributed by atoms with van der Waals surface area (Å²) in [5.74, 6) is 0.579. The van der Waals surface area contributed by atoms with Crippen LogP contribution in [0, 0.1) is 0 Å². The van der Waals surface area contributed by atoms with Gasteiger partial charge in [0.2, 0.25) is 10.0 Å². The number of halogens is 1. The molecule has 33 heavy (non-hydrogen) atoms. The van der Waals surface area contributed by atoms with Gasteiger partial charge < -0.3 is 10.1 Å². The number of amides is 1. The van der Waals surface area contributed by atoms with E-state index in [2.05, 4.69) is 5.32 Å². The number of hydrogen-bond acceptors (Lipinski definition) is 4. The van der Waals surface area contributed by atoms with Crippen molar-refractivity contribution in [2.75, 3.05) is 10.6 Å². The van der Waals surface area contributed by atoms with Gasteiger partial charge in [-0.3, -0.25) is 9.10 Å². The van der Waals surface area contributed by atoms with Gasteiger partial charge in [-0.05, 0) is 67.4 Å². The molecule has 3 aromatic carbocycles. The number of carbonyl (C=O) groups is 1. The molecule has 0 saturated carbocycles. The van der Waals surface area contributed by atoms with Crippen LogP contribution in [0.1, 0.15) is 35.3 Å². The maximum atomic E-state index is 12.5. The second-order valence-corrected chi connectivity index (χ2v) is 10.3. The largest absolute Gasteiger partial charge is 0.491 e. The van der Waals surface area contributed by atoms with Crippen molar-refractivity contribution in [1.29, 1.82) is 0 Å². The van der Waals surface area contributed by atoms with Crippen LogP contribution >= 0.6 is 11.6 Å². The average Bonchev–Trinajstić information content (AvgIpc) is 2.76. The van der Waals surface area contributed by atoms with Crippen molar-refractivity contribution in [2.45, 2.75) is 33.0 Å². The van der Waals surface area contributed by atoms with E-state index < -0.39 is 10.0 Å². The molecule has 3 aromatic rings. The summed E-state index contributed by atoms with van der Waals surface area (Å²) in [5, 5.41) is 3.35. The lowest BCUT2D eigenvalue weighted by Crippen LogP contribution is -2.29. The second kappa shape index (κ2) is 10.7. The van der Waals surface area contributed by atoms with Crippen molar-refractivity contribution in [3.63, 3.8) is 0 Å². The van der Waals surface area contributed by atoms with Crippen LogP contribution in [0.3, 0.4) is 0 Å². The zero-order valence-corrected chi connectivity index (χ0v) is 20.4. The Hall–Kier alpha value is -3.03. The van der Waals surface area contributed by atoms with Crippen molar-refractivity contribution in [2.24, 2.45) is 0 Å². The number of sulfonamides is 1. The van der Waals surface area contributed by atoms with E-state index in [1.807, 2.05) is 38.1 Å². The molecule has 0 unspecified atom stereocenters. The number of anilines is 1. The summed E-state index contributed by atoms with van der Waals surface area (Å²) in [5.41, 5.74) is 2.68. The van der Waals surface area contributed by atoms with Gasteiger partial charge in [0.25, 0.3) is 5.91 Å². The Balaban J connectivity index is 1.63. The summed E-state index contributed by atoms with van der Waals surface area (Å²) >= 11 is 6.03. The molecule has 1 N–H and O–H groups in total. The fourth-order valence-electron chi connectivity index (χ4n) is 3.20. The second-order valence-electron chi connectivity index (χ2n) is 7.94. The third kappa shape index (κ3) is 7.23. The van der Waals surface area contributed by atoms with E-state index in [-0.39, 0.29) is 18.6 Å². The number of carbonyl (C=O) groups excluding carboxylic acids is 1. The SMILES string of the molecule is CC(C)Oc1ccc(CNC(=O)c2ccc(CN(c3cccc(Cl)c3)S(C)(=O)=O)cc2)cc1. The molecular formula is C25H27ClN2O4S. The first-order chi connectivity index (χ1) is 15.6. The number of rotatable bonds is 9. The molecule has 0 aliphatic heterocycles. The van der Waals surface area contributed by atoms with Gasteiger partial charge in [0, 0.05) is 17.1 Å². The van der Waals surface area contributed by atoms with Gasteiger partial charge in [-0.1, -0.05) is 41.9 Å². The van der Waals surface area contributed by atoms with Crippen molar-refractivity contribution in [3.05, 3.63) is 94.5 Å². The van der Waals surface area contributed by atoms with Gasteiger partial charge in [-0.15, -0.1) is 0 Å². The molecule has 0 bridgehead atoms. The molecule has 6 nitrogen and oxygen atoms in total. The van der Waals surface area contributed by atoms with Crippen LogP contribution in [0.4, 0.5) is 5.69 Å². The minimum absolute atomic E-state index is 0.105. The summed E-state index contributed by atoms with van der Waals surface area (Å²) in [6, 6.07) is 21.1. The molecule has 0 fully saturated rings. The van der Waals surface area contributed by atoms with Crippen LogP contribution in [-0.2, 0) is 23.1 Å². The highest BCUT2D eigenvalue weighted by molar-refractivity contribution is 7.92. The highest BCUT2D eigenvalue weighted by atomic mass is 35.5. The van der Waals surface area contributed by atoms with E-state index in [4.69, 9.17) is 16.3 Å². The summed E-state index contributed by atoms with van der Waals surface area (Å²) in [6.07, 6.45) is 1.26. The lowest BCUT2D eigenvalue weighted by molar-refractivity contribution is 0.0951. The van der Waals surface area contributed by atoms with Crippen molar-refractivity contribution in [1.82, 2.24) is 5.32 Å². The van der Waals surface area contributed by atoms with Gasteiger partial charge in [0.15, 0.2) is 0 Å². The van der Waals surface area contributed by atoms with Crippen LogP contribution < -0.4 is 14.4 Å². The van der Waals surface area contributed by atoms with Crippen molar-refractivity contribution in [3.8, 4) is 5.75 Å². The zero-order valence-electron chi connectivity index (χ0n) is 18.8. The Morgan fingerprint density at radius 1 is 1.00 bits per heavy atom. The average molecular weight is 487 g/mol. The molecule has 8 heteroatoms. The Morgan fingerprint density at radius 3 is 2.21 bits per heavy atom. The van der Waals surface area contributed by atoms with Crippen molar-refractivity contribution >= 4 is 33.2 Å². The Labute approximate surface area is 200 Å². The van der Waals surface area contributed by atoms with Crippen LogP contribution in [0.2, 0.25) is 5.02 Å². The maximum Gasteiger partial charge on any atom is 0.251 e. The van der Waals surface area contributed by atoms with Crippen LogP contribution in [0.5, 0.6) is 5.75 Å². The lowest BCUT2D eigenvalue weighted by Gasteiger charge is -2.22. The molecule has 174 valence electrons. The van der Waals surface area contributed by atoms with E-state index in [1.165, 1.54) is 4.31 Å². The first-order valence-corrected chi connectivity index (χ1v) is 12.7. The Bertz CT molecular complexity index is 1190. The van der Waals surface area contributed by atoms with E-state index >= 15 is 0 Å². The summed E-state index contributed by atoms with van der Waals surface area (Å²) < 4.78 is 31.6. The topological polar surface area (TPSA) is 75.7 Å². The van der Waals surface area contributed by atoms with E-state index in [0.29, 0.717) is 22.8 Å². The quantitative estimate of drug-likeness (QED) is 0.460. The molecule has 0 radical (unpaired) electrons. The van der Waals surface area contributed by atoms with Crippen LogP contribution in [0.15, 0.2) is 72.8 Å². The monoisotopic (exact) mass is 486 g/mol. The van der Waals surface area contributed by atoms with Gasteiger partial charge in [-0.2, -0.15) is 0 Å². The fraction of sp³-hybridized carbons (Fsp3) is 0.240. The normalized spacial score (nSPS) is 11.3. The standard InChI is InChI=1S/C25H27ClN2O4S/c1-18(2)32-24-13-9-19(10-14-24)16-27-25(29)21-11-7-20(8-12-21)17-28(33(3,30)31)23-6-4-5-22(26)15-23/h4-15,18H,16-17H2,1-3H3,(H,27,29). The number of nitrogens with zero attached hydrogens (tertiary/aromatic N) is 1. The molecule has 0 aliphatic carbocycles. The molecule has 0 aromatic heterocycles. The van der Waals surface area contributed by atoms with E-state index in [1.54, 1.807) is 48.5 Å². The van der Waals surface area contributed by atoms with Gasteiger partial charge in [0.05, 0.1) is 24.6 Å². The molecule has 3 rings (SSSR count). The minimum Gasteiger partial charge on any atom is -0.491 e. The van der Waals surface area contributed by atoms with Gasteiger partial charge in [-0.25, -0.2) is 8.42 Å². The highest BCUT2D eigenvalue weighted by Crippen LogP contribution is 2.24. The van der Waals surface area contributed by atoms with Crippen LogP contribution in [0.25, 0.3) is 0 Å². The van der Waals surface area contributed by atoms with Gasteiger partial charge in [0.1, 0.15) is 5.75 Å². The lowest BCUT2D eigenvalue weighted by atomic mass is 10.1. The maximum absolute atomic E-state index is 12.5. The van der Waals surface area contributed by atoms with E-state index in [9.17, 15) is 13.2 Å². The van der Waals surface area contributed by atoms with Crippen LogP contribution in [-0.4, -0.2) is 26.7 Å². The molecule has 0 spiro atoms. The summed E-state index contributed by atoms with van der Waals surface area (Å²) in [7, 11) is -3.52. The fourth-order valence-corrected chi connectivity index (χ4v) is 4.27. The number of benzene rings is 3. The Morgan fingerprint density at radius 2 is 1.64 bits per heavy atom. The zero-order chi connectivity index (χ0) is 24.0. The predicted molar refractivity (Wildman–Crippen MR) is 132 cm³/mol. The number of hydrogen-bond donors (Lipinski definition) is 1. The molecule has 0 atom stereocenters.